The van der Waals surface area contributed by atoms with Crippen LogP contribution in [0.3, 0.4) is 0 Å². The van der Waals surface area contributed by atoms with Crippen LogP contribution in [0.5, 0.6) is 0 Å². The average molecular weight is 252 g/mol. The first kappa shape index (κ1) is 12.7. The summed E-state index contributed by atoms with van der Waals surface area (Å²) < 4.78 is 5.34. The number of H-pyrrole nitrogens is 1. The van der Waals surface area contributed by atoms with E-state index in [1.165, 1.54) is 0 Å². The molecule has 0 saturated carbocycles. The highest BCUT2D eigenvalue weighted by Crippen LogP contribution is 2.17. The van der Waals surface area contributed by atoms with Crippen LogP contribution in [0.2, 0.25) is 0 Å². The van der Waals surface area contributed by atoms with Gasteiger partial charge in [0, 0.05) is 19.1 Å². The van der Waals surface area contributed by atoms with Crippen LogP contribution in [-0.4, -0.2) is 45.9 Å². The Kier molecular flexibility index (Phi) is 3.45. The van der Waals surface area contributed by atoms with Gasteiger partial charge in [0.2, 0.25) is 0 Å². The summed E-state index contributed by atoms with van der Waals surface area (Å²) in [5.74, 6) is 0.881. The number of likely N-dealkylation sites (tertiary alicyclic amines) is 1. The van der Waals surface area contributed by atoms with Crippen LogP contribution in [0.15, 0.2) is 12.3 Å². The minimum Gasteiger partial charge on any atom is -0.444 e. The molecule has 1 fully saturated rings. The number of nitrogens with one attached hydrogen (secondary N) is 2. The summed E-state index contributed by atoms with van der Waals surface area (Å²) in [6, 6.07) is 2.12. The lowest BCUT2D eigenvalue weighted by atomic mass is 10.2. The molecular formula is C12H20N4O2. The number of nitrogens with zero attached hydrogens (tertiary/aromatic N) is 2. The Morgan fingerprint density at radius 2 is 2.39 bits per heavy atom. The Balaban J connectivity index is 1.83. The number of carbonyl (C=O) groups excluding carboxylic acids is 1. The number of hydrogen-bond acceptors (Lipinski definition) is 4. The standard InChI is InChI=1S/C12H20N4O2/c1-12(2,3)18-11(17)16-7-5-9(8-16)14-10-4-6-13-15-10/h4,6,9H,5,7-8H2,1-3H3,(H2,13,14,15). The molecule has 2 heterocycles. The average Bonchev–Trinajstić information content (AvgIpc) is 2.86. The summed E-state index contributed by atoms with van der Waals surface area (Å²) in [6.45, 7) is 7.01. The van der Waals surface area contributed by atoms with Crippen LogP contribution in [0.25, 0.3) is 0 Å². The van der Waals surface area contributed by atoms with Gasteiger partial charge in [0.05, 0.1) is 6.20 Å². The van der Waals surface area contributed by atoms with E-state index in [0.29, 0.717) is 6.54 Å². The zero-order chi connectivity index (χ0) is 13.2. The zero-order valence-corrected chi connectivity index (χ0v) is 11.1. The predicted molar refractivity (Wildman–Crippen MR) is 68.4 cm³/mol. The number of aromatic amines is 1. The summed E-state index contributed by atoms with van der Waals surface area (Å²) in [7, 11) is 0. The fraction of sp³-hybridized carbons (Fsp3) is 0.667. The van der Waals surface area contributed by atoms with Crippen molar-refractivity contribution in [2.24, 2.45) is 0 Å². The van der Waals surface area contributed by atoms with Crippen LogP contribution in [0.4, 0.5) is 10.6 Å². The van der Waals surface area contributed by atoms with Crippen molar-refractivity contribution in [3.8, 4) is 0 Å². The van der Waals surface area contributed by atoms with E-state index in [9.17, 15) is 4.79 Å². The fourth-order valence-corrected chi connectivity index (χ4v) is 1.93. The van der Waals surface area contributed by atoms with E-state index in [1.807, 2.05) is 26.8 Å². The third-order valence-electron chi connectivity index (χ3n) is 2.70. The lowest BCUT2D eigenvalue weighted by Crippen LogP contribution is -2.36. The van der Waals surface area contributed by atoms with Crippen molar-refractivity contribution < 1.29 is 9.53 Å². The maximum absolute atomic E-state index is 11.9. The largest absolute Gasteiger partial charge is 0.444 e. The first-order valence-corrected chi connectivity index (χ1v) is 6.18. The third-order valence-corrected chi connectivity index (χ3v) is 2.70. The molecule has 0 aromatic carbocycles. The Morgan fingerprint density at radius 3 is 3.00 bits per heavy atom. The molecule has 2 rings (SSSR count). The highest BCUT2D eigenvalue weighted by atomic mass is 16.6. The van der Waals surface area contributed by atoms with Gasteiger partial charge in [0.25, 0.3) is 0 Å². The van der Waals surface area contributed by atoms with Gasteiger partial charge in [0.1, 0.15) is 11.4 Å². The SMILES string of the molecule is CC(C)(C)OC(=O)N1CCC(Nc2ccn[nH]2)C1. The van der Waals surface area contributed by atoms with Crippen LogP contribution in [0.1, 0.15) is 27.2 Å². The van der Waals surface area contributed by atoms with Gasteiger partial charge < -0.3 is 15.0 Å². The fourth-order valence-electron chi connectivity index (χ4n) is 1.93. The molecular weight excluding hydrogens is 232 g/mol. The third kappa shape index (κ3) is 3.38. The van der Waals surface area contributed by atoms with Crippen molar-refractivity contribution in [1.29, 1.82) is 0 Å². The van der Waals surface area contributed by atoms with Gasteiger partial charge >= 0.3 is 6.09 Å². The van der Waals surface area contributed by atoms with Crippen molar-refractivity contribution in [3.05, 3.63) is 12.3 Å². The second kappa shape index (κ2) is 4.88. The number of carbonyl (C=O) groups is 1. The highest BCUT2D eigenvalue weighted by molar-refractivity contribution is 5.68. The molecule has 6 nitrogen and oxygen atoms in total. The molecule has 100 valence electrons. The normalized spacial score (nSPS) is 19.9. The molecule has 0 radical (unpaired) electrons. The van der Waals surface area contributed by atoms with Gasteiger partial charge in [-0.3, -0.25) is 5.10 Å². The number of hydrogen-bond donors (Lipinski definition) is 2. The Morgan fingerprint density at radius 1 is 1.61 bits per heavy atom. The van der Waals surface area contributed by atoms with Crippen molar-refractivity contribution in [2.75, 3.05) is 18.4 Å². The molecule has 1 amide bonds. The van der Waals surface area contributed by atoms with E-state index >= 15 is 0 Å². The molecule has 0 aliphatic carbocycles. The van der Waals surface area contributed by atoms with Crippen LogP contribution in [-0.2, 0) is 4.74 Å². The first-order chi connectivity index (χ1) is 8.44. The Hall–Kier alpha value is -1.72. The summed E-state index contributed by atoms with van der Waals surface area (Å²) in [4.78, 5) is 13.6. The van der Waals surface area contributed by atoms with Gasteiger partial charge in [-0.25, -0.2) is 4.79 Å². The Labute approximate surface area is 107 Å². The topological polar surface area (TPSA) is 70.2 Å². The number of rotatable bonds is 2. The van der Waals surface area contributed by atoms with Gasteiger partial charge in [-0.05, 0) is 33.3 Å². The van der Waals surface area contributed by atoms with Crippen LogP contribution >= 0.6 is 0 Å². The molecule has 0 bridgehead atoms. The molecule has 2 N–H and O–H groups in total. The van der Waals surface area contributed by atoms with Crippen LogP contribution in [0, 0.1) is 0 Å². The molecule has 6 heteroatoms. The molecule has 18 heavy (non-hydrogen) atoms. The maximum atomic E-state index is 11.9. The molecule has 1 atom stereocenters. The lowest BCUT2D eigenvalue weighted by Gasteiger charge is -2.24. The van der Waals surface area contributed by atoms with E-state index in [1.54, 1.807) is 11.1 Å². The molecule has 1 aromatic rings. The van der Waals surface area contributed by atoms with E-state index < -0.39 is 5.60 Å². The monoisotopic (exact) mass is 252 g/mol. The number of ether oxygens (including phenoxy) is 1. The van der Waals surface area contributed by atoms with E-state index in [-0.39, 0.29) is 12.1 Å². The molecule has 1 unspecified atom stereocenters. The zero-order valence-electron chi connectivity index (χ0n) is 11.1. The van der Waals surface area contributed by atoms with Crippen LogP contribution < -0.4 is 5.32 Å². The molecule has 1 saturated heterocycles. The van der Waals surface area contributed by atoms with Gasteiger partial charge in [-0.15, -0.1) is 0 Å². The Bertz CT molecular complexity index is 397. The number of amides is 1. The van der Waals surface area contributed by atoms with Gasteiger partial charge in [0.15, 0.2) is 0 Å². The summed E-state index contributed by atoms with van der Waals surface area (Å²) in [5, 5.41) is 10.0. The number of anilines is 1. The summed E-state index contributed by atoms with van der Waals surface area (Å²) in [5.41, 5.74) is -0.439. The smallest absolute Gasteiger partial charge is 0.410 e. The quantitative estimate of drug-likeness (QED) is 0.842. The molecule has 0 spiro atoms. The summed E-state index contributed by atoms with van der Waals surface area (Å²) >= 11 is 0. The highest BCUT2D eigenvalue weighted by Gasteiger charge is 2.29. The van der Waals surface area contributed by atoms with E-state index in [2.05, 4.69) is 15.5 Å². The minimum atomic E-state index is -0.439. The van der Waals surface area contributed by atoms with Crippen molar-refractivity contribution in [2.45, 2.75) is 38.8 Å². The van der Waals surface area contributed by atoms with Crippen molar-refractivity contribution in [3.63, 3.8) is 0 Å². The second-order valence-electron chi connectivity index (χ2n) is 5.53. The van der Waals surface area contributed by atoms with Crippen molar-refractivity contribution in [1.82, 2.24) is 15.1 Å². The number of aromatic nitrogens is 2. The maximum Gasteiger partial charge on any atom is 0.410 e. The first-order valence-electron chi connectivity index (χ1n) is 6.18. The lowest BCUT2D eigenvalue weighted by molar-refractivity contribution is 0.0293. The van der Waals surface area contributed by atoms with Crippen molar-refractivity contribution >= 4 is 11.9 Å². The van der Waals surface area contributed by atoms with Gasteiger partial charge in [-0.2, -0.15) is 5.10 Å². The molecule has 1 aliphatic rings. The molecule has 1 aromatic heterocycles. The summed E-state index contributed by atoms with van der Waals surface area (Å²) in [6.07, 6.45) is 2.37. The second-order valence-corrected chi connectivity index (χ2v) is 5.53. The van der Waals surface area contributed by atoms with E-state index in [0.717, 1.165) is 18.8 Å². The predicted octanol–water partition coefficient (Wildman–Crippen LogP) is 1.83. The van der Waals surface area contributed by atoms with Gasteiger partial charge in [-0.1, -0.05) is 0 Å². The minimum absolute atomic E-state index is 0.239. The molecule has 1 aliphatic heterocycles. The van der Waals surface area contributed by atoms with E-state index in [4.69, 9.17) is 4.74 Å².